The molecule has 120 valence electrons. The highest BCUT2D eigenvalue weighted by atomic mass is 16.2. The van der Waals surface area contributed by atoms with Crippen LogP contribution in [0.5, 0.6) is 0 Å². The quantitative estimate of drug-likeness (QED) is 0.576. The van der Waals surface area contributed by atoms with Crippen LogP contribution in [0.15, 0.2) is 30.7 Å². The largest absolute Gasteiger partial charge is 0.347 e. The summed E-state index contributed by atoms with van der Waals surface area (Å²) in [5.41, 5.74) is 1.00. The smallest absolute Gasteiger partial charge is 0.256 e. The number of pyridine rings is 1. The lowest BCUT2D eigenvalue weighted by molar-refractivity contribution is 0.0843. The minimum absolute atomic E-state index is 0.0717. The SMILES string of the molecule is O=C1NC2(CCC2)Nc2nc(Nc3ncnc4[nH]ccc34)ccc21. The third-order valence-electron chi connectivity index (χ3n) is 4.66. The second-order valence-corrected chi connectivity index (χ2v) is 6.19. The highest BCUT2D eigenvalue weighted by Crippen LogP contribution is 2.37. The number of carbonyl (C=O) groups is 1. The highest BCUT2D eigenvalue weighted by Gasteiger charge is 2.42. The van der Waals surface area contributed by atoms with E-state index in [0.29, 0.717) is 23.0 Å². The molecule has 24 heavy (non-hydrogen) atoms. The van der Waals surface area contributed by atoms with Crippen molar-refractivity contribution in [3.63, 3.8) is 0 Å². The molecule has 0 aromatic carbocycles. The zero-order valence-electron chi connectivity index (χ0n) is 12.8. The van der Waals surface area contributed by atoms with Crippen molar-refractivity contribution in [2.75, 3.05) is 10.6 Å². The average Bonchev–Trinajstić information content (AvgIpc) is 3.03. The van der Waals surface area contributed by atoms with Crippen LogP contribution in [0.1, 0.15) is 29.6 Å². The summed E-state index contributed by atoms with van der Waals surface area (Å²) in [5.74, 6) is 1.85. The van der Waals surface area contributed by atoms with Crippen molar-refractivity contribution >= 4 is 34.4 Å². The van der Waals surface area contributed by atoms with Gasteiger partial charge >= 0.3 is 0 Å². The Labute approximate surface area is 137 Å². The van der Waals surface area contributed by atoms with Crippen LogP contribution in [0.4, 0.5) is 17.5 Å². The molecule has 2 aliphatic rings. The fourth-order valence-electron chi connectivity index (χ4n) is 3.22. The summed E-state index contributed by atoms with van der Waals surface area (Å²) in [6, 6.07) is 5.46. The Hall–Kier alpha value is -3.16. The monoisotopic (exact) mass is 321 g/mol. The fraction of sp³-hybridized carbons (Fsp3) is 0.250. The minimum atomic E-state index is -0.321. The zero-order chi connectivity index (χ0) is 16.1. The van der Waals surface area contributed by atoms with Gasteiger partial charge in [-0.15, -0.1) is 0 Å². The van der Waals surface area contributed by atoms with Crippen LogP contribution in [-0.2, 0) is 0 Å². The van der Waals surface area contributed by atoms with Gasteiger partial charge in [-0.05, 0) is 37.5 Å². The van der Waals surface area contributed by atoms with E-state index < -0.39 is 0 Å². The first-order chi connectivity index (χ1) is 11.7. The van der Waals surface area contributed by atoms with Gasteiger partial charge in [-0.3, -0.25) is 4.79 Å². The molecule has 5 rings (SSSR count). The Morgan fingerprint density at radius 1 is 1.12 bits per heavy atom. The van der Waals surface area contributed by atoms with Crippen molar-refractivity contribution in [3.8, 4) is 0 Å². The van der Waals surface area contributed by atoms with Crippen molar-refractivity contribution in [2.24, 2.45) is 0 Å². The van der Waals surface area contributed by atoms with Gasteiger partial charge < -0.3 is 20.9 Å². The van der Waals surface area contributed by atoms with E-state index in [2.05, 4.69) is 35.9 Å². The van der Waals surface area contributed by atoms with E-state index in [1.54, 1.807) is 12.1 Å². The van der Waals surface area contributed by atoms with E-state index >= 15 is 0 Å². The number of anilines is 3. The molecular weight excluding hydrogens is 306 g/mol. The number of nitrogens with one attached hydrogen (secondary N) is 4. The number of carbonyl (C=O) groups excluding carboxylic acids is 1. The molecule has 8 heteroatoms. The van der Waals surface area contributed by atoms with Gasteiger partial charge in [-0.1, -0.05) is 0 Å². The number of nitrogens with zero attached hydrogens (tertiary/aromatic N) is 3. The highest BCUT2D eigenvalue weighted by molar-refractivity contribution is 6.01. The average molecular weight is 321 g/mol. The van der Waals surface area contributed by atoms with Gasteiger partial charge in [0.25, 0.3) is 5.91 Å². The molecule has 0 bridgehead atoms. The van der Waals surface area contributed by atoms with Crippen LogP contribution in [-0.4, -0.2) is 31.5 Å². The molecule has 0 saturated heterocycles. The molecule has 0 unspecified atom stereocenters. The van der Waals surface area contributed by atoms with Crippen molar-refractivity contribution in [3.05, 3.63) is 36.3 Å². The minimum Gasteiger partial charge on any atom is -0.347 e. The molecule has 4 N–H and O–H groups in total. The molecule has 4 heterocycles. The molecule has 1 spiro atoms. The van der Waals surface area contributed by atoms with Gasteiger partial charge in [0.05, 0.1) is 10.9 Å². The van der Waals surface area contributed by atoms with Crippen LogP contribution < -0.4 is 16.0 Å². The number of fused-ring (bicyclic) bond motifs is 2. The maximum absolute atomic E-state index is 12.3. The summed E-state index contributed by atoms with van der Waals surface area (Å²) in [7, 11) is 0. The fourth-order valence-corrected chi connectivity index (χ4v) is 3.22. The normalized spacial score (nSPS) is 17.8. The Bertz CT molecular complexity index is 960. The van der Waals surface area contributed by atoms with Crippen LogP contribution in [0.25, 0.3) is 11.0 Å². The van der Waals surface area contributed by atoms with Gasteiger partial charge in [0, 0.05) is 6.20 Å². The van der Waals surface area contributed by atoms with Crippen molar-refractivity contribution in [1.82, 2.24) is 25.3 Å². The molecule has 3 aromatic rings. The van der Waals surface area contributed by atoms with E-state index in [1.807, 2.05) is 12.3 Å². The summed E-state index contributed by atoms with van der Waals surface area (Å²) in [5, 5.41) is 10.5. The predicted octanol–water partition coefficient (Wildman–Crippen LogP) is 2.13. The van der Waals surface area contributed by atoms with E-state index in [4.69, 9.17) is 0 Å². The standard InChI is InChI=1S/C16H15N7O/c24-15-10-2-3-11(21-14(10)22-16(23-15)5-1-6-16)20-13-9-4-7-17-12(9)18-8-19-13/h2-4,7-8H,1,5-6H2,(H,23,24)(H3,17,18,19,20,21,22). The molecule has 1 aliphatic carbocycles. The first-order valence-electron chi connectivity index (χ1n) is 7.89. The number of aromatic nitrogens is 4. The van der Waals surface area contributed by atoms with Gasteiger partial charge in [0.1, 0.15) is 35.1 Å². The lowest BCUT2D eigenvalue weighted by atomic mass is 9.83. The summed E-state index contributed by atoms with van der Waals surface area (Å²) in [6.07, 6.45) is 6.26. The number of amides is 1. The Kier molecular flexibility index (Phi) is 2.59. The molecule has 1 fully saturated rings. The van der Waals surface area contributed by atoms with Gasteiger partial charge in [0.15, 0.2) is 0 Å². The number of H-pyrrole nitrogens is 1. The Balaban J connectivity index is 1.51. The summed E-state index contributed by atoms with van der Waals surface area (Å²) in [6.45, 7) is 0. The Morgan fingerprint density at radius 3 is 2.88 bits per heavy atom. The first-order valence-corrected chi connectivity index (χ1v) is 7.89. The molecule has 0 atom stereocenters. The number of aromatic amines is 1. The molecule has 8 nitrogen and oxygen atoms in total. The molecule has 0 radical (unpaired) electrons. The summed E-state index contributed by atoms with van der Waals surface area (Å²) < 4.78 is 0. The maximum atomic E-state index is 12.3. The van der Waals surface area contributed by atoms with Gasteiger partial charge in [-0.25, -0.2) is 15.0 Å². The number of hydrogen-bond acceptors (Lipinski definition) is 6. The second-order valence-electron chi connectivity index (χ2n) is 6.19. The molecular formula is C16H15N7O. The predicted molar refractivity (Wildman–Crippen MR) is 89.1 cm³/mol. The summed E-state index contributed by atoms with van der Waals surface area (Å²) in [4.78, 5) is 28.3. The molecule has 1 aliphatic heterocycles. The van der Waals surface area contributed by atoms with Gasteiger partial charge in [-0.2, -0.15) is 0 Å². The summed E-state index contributed by atoms with van der Waals surface area (Å²) >= 11 is 0. The van der Waals surface area contributed by atoms with E-state index in [-0.39, 0.29) is 11.6 Å². The van der Waals surface area contributed by atoms with Crippen LogP contribution in [0.3, 0.4) is 0 Å². The maximum Gasteiger partial charge on any atom is 0.256 e. The van der Waals surface area contributed by atoms with Crippen molar-refractivity contribution in [1.29, 1.82) is 0 Å². The van der Waals surface area contributed by atoms with E-state index in [9.17, 15) is 4.79 Å². The molecule has 1 saturated carbocycles. The van der Waals surface area contributed by atoms with Crippen LogP contribution in [0, 0.1) is 0 Å². The zero-order valence-corrected chi connectivity index (χ0v) is 12.8. The molecule has 3 aromatic heterocycles. The van der Waals surface area contributed by atoms with Gasteiger partial charge in [0.2, 0.25) is 0 Å². The third-order valence-corrected chi connectivity index (χ3v) is 4.66. The second kappa shape index (κ2) is 4.67. The lowest BCUT2D eigenvalue weighted by Gasteiger charge is -2.46. The van der Waals surface area contributed by atoms with Crippen LogP contribution >= 0.6 is 0 Å². The number of hydrogen-bond donors (Lipinski definition) is 4. The number of rotatable bonds is 2. The Morgan fingerprint density at radius 2 is 2.04 bits per heavy atom. The lowest BCUT2D eigenvalue weighted by Crippen LogP contribution is -2.61. The van der Waals surface area contributed by atoms with E-state index in [0.717, 1.165) is 30.3 Å². The van der Waals surface area contributed by atoms with Crippen molar-refractivity contribution < 1.29 is 4.79 Å². The third kappa shape index (κ3) is 1.92. The van der Waals surface area contributed by atoms with Crippen LogP contribution in [0.2, 0.25) is 0 Å². The topological polar surface area (TPSA) is 108 Å². The molecule has 1 amide bonds. The van der Waals surface area contributed by atoms with Crippen molar-refractivity contribution in [2.45, 2.75) is 24.9 Å². The first kappa shape index (κ1) is 13.3. The van der Waals surface area contributed by atoms with E-state index in [1.165, 1.54) is 6.33 Å².